The van der Waals surface area contributed by atoms with Crippen LogP contribution in [0.4, 0.5) is 23.1 Å². The van der Waals surface area contributed by atoms with Gasteiger partial charge in [0.05, 0.1) is 0 Å². The Hall–Kier alpha value is -2.73. The first-order valence-corrected chi connectivity index (χ1v) is 8.39. The largest absolute Gasteiger partial charge is 0.340 e. The van der Waals surface area contributed by atoms with Crippen LogP contribution in [-0.2, 0) is 6.42 Å². The molecule has 3 rings (SSSR count). The molecule has 2 aromatic heterocycles. The molecule has 0 amide bonds. The van der Waals surface area contributed by atoms with Crippen LogP contribution in [0.3, 0.4) is 0 Å². The molecular weight excluding hydrogens is 336 g/mol. The third kappa shape index (κ3) is 4.64. The first-order valence-electron chi connectivity index (χ1n) is 8.01. The van der Waals surface area contributed by atoms with Crippen molar-refractivity contribution in [2.24, 2.45) is 0 Å². The molecule has 128 valence electrons. The standard InChI is InChI=1S/C18H19ClN6/c1-4-16-24-15(19)10-17(25-16)22-13-6-5-7-14(9-13)23-18-20-11(2)8-12(3)21-18/h5-10H,4H2,1-3H3,(H,20,21,23)(H,22,24,25). The van der Waals surface area contributed by atoms with Gasteiger partial charge in [-0.25, -0.2) is 19.9 Å². The maximum Gasteiger partial charge on any atom is 0.227 e. The number of benzene rings is 1. The quantitative estimate of drug-likeness (QED) is 0.653. The summed E-state index contributed by atoms with van der Waals surface area (Å²) in [5.74, 6) is 1.94. The highest BCUT2D eigenvalue weighted by molar-refractivity contribution is 6.29. The number of nitrogens with zero attached hydrogens (tertiary/aromatic N) is 4. The van der Waals surface area contributed by atoms with Gasteiger partial charge in [0, 0.05) is 35.2 Å². The SMILES string of the molecule is CCc1nc(Cl)cc(Nc2cccc(Nc3nc(C)cc(C)n3)c2)n1. The maximum atomic E-state index is 6.04. The van der Waals surface area contributed by atoms with E-state index in [9.17, 15) is 0 Å². The number of hydrogen-bond donors (Lipinski definition) is 2. The molecule has 0 atom stereocenters. The van der Waals surface area contributed by atoms with Gasteiger partial charge in [0.25, 0.3) is 0 Å². The summed E-state index contributed by atoms with van der Waals surface area (Å²) in [6, 6.07) is 11.5. The smallest absolute Gasteiger partial charge is 0.227 e. The molecule has 6 nitrogen and oxygen atoms in total. The second-order valence-electron chi connectivity index (χ2n) is 5.65. The predicted molar refractivity (Wildman–Crippen MR) is 101 cm³/mol. The Balaban J connectivity index is 1.80. The minimum absolute atomic E-state index is 0.423. The molecule has 2 N–H and O–H groups in total. The van der Waals surface area contributed by atoms with Crippen molar-refractivity contribution in [3.8, 4) is 0 Å². The zero-order valence-corrected chi connectivity index (χ0v) is 15.1. The Morgan fingerprint density at radius 2 is 1.56 bits per heavy atom. The zero-order valence-electron chi connectivity index (χ0n) is 14.3. The van der Waals surface area contributed by atoms with Gasteiger partial charge in [-0.2, -0.15) is 0 Å². The van der Waals surface area contributed by atoms with E-state index in [4.69, 9.17) is 11.6 Å². The second kappa shape index (κ2) is 7.44. The van der Waals surface area contributed by atoms with Gasteiger partial charge < -0.3 is 10.6 Å². The van der Waals surface area contributed by atoms with Crippen molar-refractivity contribution in [3.63, 3.8) is 0 Å². The highest BCUT2D eigenvalue weighted by atomic mass is 35.5. The summed E-state index contributed by atoms with van der Waals surface area (Å²) in [7, 11) is 0. The second-order valence-corrected chi connectivity index (χ2v) is 6.04. The van der Waals surface area contributed by atoms with Crippen LogP contribution in [0.2, 0.25) is 5.15 Å². The van der Waals surface area contributed by atoms with E-state index in [1.807, 2.05) is 51.1 Å². The summed E-state index contributed by atoms with van der Waals surface area (Å²) >= 11 is 6.04. The fourth-order valence-corrected chi connectivity index (χ4v) is 2.62. The van der Waals surface area contributed by atoms with Crippen molar-refractivity contribution in [1.29, 1.82) is 0 Å². The van der Waals surface area contributed by atoms with E-state index < -0.39 is 0 Å². The average Bonchev–Trinajstić information content (AvgIpc) is 2.53. The van der Waals surface area contributed by atoms with Crippen molar-refractivity contribution >= 4 is 34.7 Å². The molecule has 2 heterocycles. The number of anilines is 4. The molecule has 0 aliphatic heterocycles. The fourth-order valence-electron chi connectivity index (χ4n) is 2.42. The van der Waals surface area contributed by atoms with Crippen LogP contribution in [0.15, 0.2) is 36.4 Å². The van der Waals surface area contributed by atoms with Gasteiger partial charge in [0.1, 0.15) is 16.8 Å². The summed E-state index contributed by atoms with van der Waals surface area (Å²) in [5, 5.41) is 6.90. The molecule has 25 heavy (non-hydrogen) atoms. The van der Waals surface area contributed by atoms with Gasteiger partial charge in [-0.3, -0.25) is 0 Å². The average molecular weight is 355 g/mol. The molecular formula is C18H19ClN6. The number of rotatable bonds is 5. The topological polar surface area (TPSA) is 75.6 Å². The van der Waals surface area contributed by atoms with Crippen LogP contribution in [0.5, 0.6) is 0 Å². The van der Waals surface area contributed by atoms with Gasteiger partial charge in [0.15, 0.2) is 0 Å². The molecule has 0 aliphatic rings. The number of aromatic nitrogens is 4. The lowest BCUT2D eigenvalue weighted by Crippen LogP contribution is -2.01. The van der Waals surface area contributed by atoms with Gasteiger partial charge in [-0.05, 0) is 38.1 Å². The molecule has 0 saturated heterocycles. The molecule has 3 aromatic rings. The minimum atomic E-state index is 0.423. The first-order chi connectivity index (χ1) is 12.0. The van der Waals surface area contributed by atoms with Crippen LogP contribution in [0.25, 0.3) is 0 Å². The Kier molecular flexibility index (Phi) is 5.09. The van der Waals surface area contributed by atoms with Gasteiger partial charge in [-0.1, -0.05) is 24.6 Å². The normalized spacial score (nSPS) is 10.6. The minimum Gasteiger partial charge on any atom is -0.340 e. The lowest BCUT2D eigenvalue weighted by Gasteiger charge is -2.10. The Morgan fingerprint density at radius 3 is 2.24 bits per heavy atom. The molecule has 0 radical (unpaired) electrons. The van der Waals surface area contributed by atoms with Gasteiger partial charge in [-0.15, -0.1) is 0 Å². The van der Waals surface area contributed by atoms with Crippen LogP contribution in [-0.4, -0.2) is 19.9 Å². The predicted octanol–water partition coefficient (Wildman–Crippen LogP) is 4.59. The van der Waals surface area contributed by atoms with E-state index in [0.29, 0.717) is 22.7 Å². The number of halogens is 1. The van der Waals surface area contributed by atoms with Crippen LogP contribution in [0.1, 0.15) is 24.1 Å². The van der Waals surface area contributed by atoms with E-state index in [1.165, 1.54) is 0 Å². The Morgan fingerprint density at radius 1 is 0.880 bits per heavy atom. The molecule has 0 aliphatic carbocycles. The monoisotopic (exact) mass is 354 g/mol. The van der Waals surface area contributed by atoms with Crippen LogP contribution in [0, 0.1) is 13.8 Å². The molecule has 7 heteroatoms. The molecule has 0 saturated carbocycles. The first kappa shape index (κ1) is 17.1. The van der Waals surface area contributed by atoms with Gasteiger partial charge in [0.2, 0.25) is 5.95 Å². The van der Waals surface area contributed by atoms with Crippen molar-refractivity contribution in [2.45, 2.75) is 27.2 Å². The molecule has 0 unspecified atom stereocenters. The molecule has 0 spiro atoms. The number of aryl methyl sites for hydroxylation is 3. The Bertz CT molecular complexity index is 876. The summed E-state index contributed by atoms with van der Waals surface area (Å²) in [5.41, 5.74) is 3.61. The third-order valence-electron chi connectivity index (χ3n) is 3.43. The molecule has 0 fully saturated rings. The van der Waals surface area contributed by atoms with Crippen LogP contribution >= 0.6 is 11.6 Å². The van der Waals surface area contributed by atoms with Crippen molar-refractivity contribution in [1.82, 2.24) is 19.9 Å². The van der Waals surface area contributed by atoms with E-state index in [-0.39, 0.29) is 0 Å². The van der Waals surface area contributed by atoms with Crippen molar-refractivity contribution in [2.75, 3.05) is 10.6 Å². The summed E-state index contributed by atoms with van der Waals surface area (Å²) < 4.78 is 0. The fraction of sp³-hybridized carbons (Fsp3) is 0.222. The lowest BCUT2D eigenvalue weighted by atomic mass is 10.2. The van der Waals surface area contributed by atoms with E-state index >= 15 is 0 Å². The van der Waals surface area contributed by atoms with Crippen molar-refractivity contribution < 1.29 is 0 Å². The highest BCUT2D eigenvalue weighted by Gasteiger charge is 2.05. The maximum absolute atomic E-state index is 6.04. The van der Waals surface area contributed by atoms with Crippen LogP contribution < -0.4 is 10.6 Å². The highest BCUT2D eigenvalue weighted by Crippen LogP contribution is 2.22. The number of hydrogen-bond acceptors (Lipinski definition) is 6. The van der Waals surface area contributed by atoms with Crippen molar-refractivity contribution in [3.05, 3.63) is 58.8 Å². The van der Waals surface area contributed by atoms with E-state index in [2.05, 4.69) is 30.6 Å². The van der Waals surface area contributed by atoms with E-state index in [1.54, 1.807) is 6.07 Å². The Labute approximate surface area is 151 Å². The van der Waals surface area contributed by atoms with Gasteiger partial charge >= 0.3 is 0 Å². The molecule has 1 aromatic carbocycles. The zero-order chi connectivity index (χ0) is 17.8. The third-order valence-corrected chi connectivity index (χ3v) is 3.62. The summed E-state index contributed by atoms with van der Waals surface area (Å²) in [6.45, 7) is 5.88. The number of nitrogens with one attached hydrogen (secondary N) is 2. The summed E-state index contributed by atoms with van der Waals surface area (Å²) in [6.07, 6.45) is 0.723. The molecule has 0 bridgehead atoms. The lowest BCUT2D eigenvalue weighted by molar-refractivity contribution is 0.943. The summed E-state index contributed by atoms with van der Waals surface area (Å²) in [4.78, 5) is 17.4. The van der Waals surface area contributed by atoms with E-state index in [0.717, 1.165) is 29.2 Å².